The maximum absolute atomic E-state index is 10.6. The third-order valence-corrected chi connectivity index (χ3v) is 6.84. The number of fused-ring (bicyclic) bond motifs is 1. The lowest BCUT2D eigenvalue weighted by molar-refractivity contribution is -0.219. The van der Waals surface area contributed by atoms with Crippen molar-refractivity contribution in [1.82, 2.24) is 0 Å². The van der Waals surface area contributed by atoms with Crippen LogP contribution in [0, 0.1) is 6.92 Å². The Hall–Kier alpha value is -1.57. The summed E-state index contributed by atoms with van der Waals surface area (Å²) in [6.07, 6.45) is -1.19. The van der Waals surface area contributed by atoms with Crippen LogP contribution in [0.5, 0.6) is 5.75 Å². The molecule has 0 radical (unpaired) electrons. The molecular formula is C23H28O5S. The summed E-state index contributed by atoms with van der Waals surface area (Å²) in [7, 11) is 0. The van der Waals surface area contributed by atoms with E-state index in [0.717, 1.165) is 34.4 Å². The Morgan fingerprint density at radius 3 is 2.48 bits per heavy atom. The van der Waals surface area contributed by atoms with Crippen molar-refractivity contribution in [3.8, 4) is 5.75 Å². The summed E-state index contributed by atoms with van der Waals surface area (Å²) in [6, 6.07) is 10.5. The van der Waals surface area contributed by atoms with E-state index in [0.29, 0.717) is 13.0 Å². The molecule has 4 rings (SSSR count). The quantitative estimate of drug-likeness (QED) is 0.666. The molecule has 3 N–H and O–H groups in total. The van der Waals surface area contributed by atoms with Crippen molar-refractivity contribution in [2.75, 3.05) is 12.9 Å². The lowest BCUT2D eigenvalue weighted by Gasteiger charge is -2.40. The first kappa shape index (κ1) is 20.7. The Balaban J connectivity index is 1.72. The van der Waals surface area contributed by atoms with Crippen LogP contribution < -0.4 is 4.74 Å². The lowest BCUT2D eigenvalue weighted by atomic mass is 9.85. The predicted molar refractivity (Wildman–Crippen MR) is 113 cm³/mol. The molecule has 2 aromatic carbocycles. The molecular weight excluding hydrogens is 388 g/mol. The Morgan fingerprint density at radius 1 is 1.07 bits per heavy atom. The molecule has 29 heavy (non-hydrogen) atoms. The van der Waals surface area contributed by atoms with Crippen molar-refractivity contribution in [3.63, 3.8) is 0 Å². The van der Waals surface area contributed by atoms with Crippen molar-refractivity contribution in [3.05, 3.63) is 58.1 Å². The molecule has 2 aliphatic rings. The van der Waals surface area contributed by atoms with Gasteiger partial charge in [-0.1, -0.05) is 12.1 Å². The van der Waals surface area contributed by atoms with E-state index in [9.17, 15) is 15.3 Å². The van der Waals surface area contributed by atoms with Crippen molar-refractivity contribution in [2.24, 2.45) is 0 Å². The molecule has 0 aliphatic carbocycles. The summed E-state index contributed by atoms with van der Waals surface area (Å²) < 4.78 is 11.9. The molecule has 0 bridgehead atoms. The van der Waals surface area contributed by atoms with Gasteiger partial charge in [-0.05, 0) is 60.6 Å². The fourth-order valence-corrected chi connectivity index (χ4v) is 4.74. The largest absolute Gasteiger partial charge is 0.493 e. The van der Waals surface area contributed by atoms with E-state index in [1.165, 1.54) is 10.5 Å². The van der Waals surface area contributed by atoms with Gasteiger partial charge in [0.05, 0.1) is 12.7 Å². The van der Waals surface area contributed by atoms with Gasteiger partial charge in [-0.15, -0.1) is 11.8 Å². The molecule has 1 saturated heterocycles. The zero-order valence-corrected chi connectivity index (χ0v) is 17.8. The lowest BCUT2D eigenvalue weighted by Crippen LogP contribution is -2.53. The maximum Gasteiger partial charge on any atom is 0.126 e. The topological polar surface area (TPSA) is 79.2 Å². The van der Waals surface area contributed by atoms with E-state index in [1.807, 2.05) is 13.0 Å². The Morgan fingerprint density at radius 2 is 1.79 bits per heavy atom. The summed E-state index contributed by atoms with van der Waals surface area (Å²) >= 11 is 1.71. The first-order chi connectivity index (χ1) is 13.9. The van der Waals surface area contributed by atoms with Crippen molar-refractivity contribution >= 4 is 11.8 Å². The van der Waals surface area contributed by atoms with Crippen LogP contribution >= 0.6 is 11.8 Å². The van der Waals surface area contributed by atoms with Crippen LogP contribution in [0.25, 0.3) is 0 Å². The van der Waals surface area contributed by atoms with E-state index in [2.05, 4.69) is 30.5 Å². The summed E-state index contributed by atoms with van der Waals surface area (Å²) in [5.41, 5.74) is 5.26. The third-order valence-electron chi connectivity index (χ3n) is 6.09. The molecule has 5 unspecified atom stereocenters. The molecule has 1 fully saturated rings. The van der Waals surface area contributed by atoms with E-state index in [-0.39, 0.29) is 0 Å². The van der Waals surface area contributed by atoms with Gasteiger partial charge >= 0.3 is 0 Å². The van der Waals surface area contributed by atoms with Crippen LogP contribution in [0.4, 0.5) is 0 Å². The second kappa shape index (κ2) is 8.28. The van der Waals surface area contributed by atoms with Crippen LogP contribution in [0.2, 0.25) is 0 Å². The van der Waals surface area contributed by atoms with Crippen LogP contribution in [0.15, 0.2) is 35.2 Å². The number of benzene rings is 2. The number of ether oxygens (including phenoxy) is 2. The number of thioether (sulfide) groups is 1. The smallest absolute Gasteiger partial charge is 0.126 e. The average molecular weight is 417 g/mol. The van der Waals surface area contributed by atoms with Gasteiger partial charge in [0.1, 0.15) is 30.2 Å². The van der Waals surface area contributed by atoms with E-state index >= 15 is 0 Å². The van der Waals surface area contributed by atoms with Gasteiger partial charge in [-0.25, -0.2) is 0 Å². The number of aliphatic hydroxyl groups excluding tert-OH is 3. The fourth-order valence-electron chi connectivity index (χ4n) is 4.33. The van der Waals surface area contributed by atoms with Gasteiger partial charge in [-0.3, -0.25) is 0 Å². The van der Waals surface area contributed by atoms with E-state index in [4.69, 9.17) is 9.47 Å². The highest BCUT2D eigenvalue weighted by atomic mass is 32.2. The molecule has 5 atom stereocenters. The number of aliphatic hydroxyl groups is 3. The molecule has 0 spiro atoms. The summed E-state index contributed by atoms with van der Waals surface area (Å²) in [5, 5.41) is 30.9. The zero-order chi connectivity index (χ0) is 20.7. The average Bonchev–Trinajstić information content (AvgIpc) is 3.23. The van der Waals surface area contributed by atoms with Crippen molar-refractivity contribution < 1.29 is 24.8 Å². The van der Waals surface area contributed by atoms with Crippen LogP contribution in [-0.2, 0) is 17.6 Å². The second-order valence-electron chi connectivity index (χ2n) is 7.91. The predicted octanol–water partition coefficient (Wildman–Crippen LogP) is 2.79. The standard InChI is InChI=1S/C23H28O5S/c1-12-17-8-9-27-22(17)15(10-14-4-6-16(29-3)7-5-14)11-18(12)23-21(26)20(25)19(24)13(2)28-23/h4-7,11,13,19-21,23-26H,8-10H2,1-3H3. The summed E-state index contributed by atoms with van der Waals surface area (Å²) in [6.45, 7) is 4.37. The molecule has 2 heterocycles. The molecule has 0 amide bonds. The van der Waals surface area contributed by atoms with Crippen LogP contribution in [0.1, 0.15) is 40.8 Å². The molecule has 156 valence electrons. The zero-order valence-electron chi connectivity index (χ0n) is 17.0. The number of rotatable bonds is 4. The van der Waals surface area contributed by atoms with Gasteiger partial charge in [0.25, 0.3) is 0 Å². The first-order valence-electron chi connectivity index (χ1n) is 10.0. The highest BCUT2D eigenvalue weighted by molar-refractivity contribution is 7.98. The minimum Gasteiger partial charge on any atom is -0.493 e. The van der Waals surface area contributed by atoms with Gasteiger partial charge in [0, 0.05) is 23.3 Å². The third kappa shape index (κ3) is 3.80. The Kier molecular flexibility index (Phi) is 5.91. The van der Waals surface area contributed by atoms with Gasteiger partial charge in [-0.2, -0.15) is 0 Å². The molecule has 0 saturated carbocycles. The molecule has 6 heteroatoms. The fraction of sp³-hybridized carbons (Fsp3) is 0.478. The summed E-state index contributed by atoms with van der Waals surface area (Å²) in [5.74, 6) is 0.930. The summed E-state index contributed by atoms with van der Waals surface area (Å²) in [4.78, 5) is 1.22. The maximum atomic E-state index is 10.6. The van der Waals surface area contributed by atoms with Gasteiger partial charge in [0.15, 0.2) is 0 Å². The van der Waals surface area contributed by atoms with Crippen molar-refractivity contribution in [2.45, 2.75) is 62.1 Å². The minimum absolute atomic E-state index is 0.565. The number of hydrogen-bond acceptors (Lipinski definition) is 6. The highest BCUT2D eigenvalue weighted by Gasteiger charge is 2.43. The number of hydrogen-bond donors (Lipinski definition) is 3. The van der Waals surface area contributed by atoms with Gasteiger partial charge in [0.2, 0.25) is 0 Å². The molecule has 2 aliphatic heterocycles. The molecule has 5 nitrogen and oxygen atoms in total. The van der Waals surface area contributed by atoms with E-state index in [1.54, 1.807) is 18.7 Å². The first-order valence-corrected chi connectivity index (χ1v) is 11.2. The monoisotopic (exact) mass is 416 g/mol. The molecule has 0 aromatic heterocycles. The van der Waals surface area contributed by atoms with Crippen LogP contribution in [-0.4, -0.2) is 52.6 Å². The Labute approximate surface area is 175 Å². The van der Waals surface area contributed by atoms with Gasteiger partial charge < -0.3 is 24.8 Å². The second-order valence-corrected chi connectivity index (χ2v) is 8.79. The SMILES string of the molecule is CSc1ccc(Cc2cc(C3OC(C)C(O)C(O)C3O)c(C)c3c2OCC3)cc1. The van der Waals surface area contributed by atoms with Crippen LogP contribution in [0.3, 0.4) is 0 Å². The Bertz CT molecular complexity index is 882. The minimum atomic E-state index is -1.24. The van der Waals surface area contributed by atoms with E-state index < -0.39 is 30.5 Å². The highest BCUT2D eigenvalue weighted by Crippen LogP contribution is 2.41. The van der Waals surface area contributed by atoms with Crippen molar-refractivity contribution in [1.29, 1.82) is 0 Å². The molecule has 2 aromatic rings. The normalized spacial score (nSPS) is 28.8.